The predicted octanol–water partition coefficient (Wildman–Crippen LogP) is 2.61. The van der Waals surface area contributed by atoms with Crippen molar-refractivity contribution in [2.45, 2.75) is 33.1 Å². The maximum atomic E-state index is 12.2. The van der Waals surface area contributed by atoms with E-state index in [0.29, 0.717) is 19.3 Å². The summed E-state index contributed by atoms with van der Waals surface area (Å²) in [6.07, 6.45) is 1.44. The van der Waals surface area contributed by atoms with Crippen molar-refractivity contribution in [3.05, 3.63) is 35.4 Å². The van der Waals surface area contributed by atoms with Crippen LogP contribution < -0.4 is 0 Å². The summed E-state index contributed by atoms with van der Waals surface area (Å²) in [6, 6.07) is 7.73. The van der Waals surface area contributed by atoms with Crippen molar-refractivity contribution in [3.8, 4) is 0 Å². The molecule has 0 saturated heterocycles. The van der Waals surface area contributed by atoms with E-state index in [1.54, 1.807) is 0 Å². The number of carbonyl (C=O) groups is 2. The molecule has 0 heterocycles. The Bertz CT molecular complexity index is 475. The molecule has 96 valence electrons. The second-order valence-electron chi connectivity index (χ2n) is 5.35. The van der Waals surface area contributed by atoms with Crippen LogP contribution in [0.1, 0.15) is 30.9 Å². The van der Waals surface area contributed by atoms with Crippen LogP contribution in [0.2, 0.25) is 0 Å². The number of benzene rings is 1. The number of carboxylic acid groups (broad SMARTS) is 1. The molecule has 1 saturated carbocycles. The fourth-order valence-corrected chi connectivity index (χ4v) is 2.71. The molecule has 2 rings (SSSR count). The topological polar surface area (TPSA) is 54.4 Å². The van der Waals surface area contributed by atoms with Crippen LogP contribution in [0, 0.1) is 18.3 Å². The molecule has 0 radical (unpaired) electrons. The Morgan fingerprint density at radius 2 is 2.00 bits per heavy atom. The van der Waals surface area contributed by atoms with E-state index >= 15 is 0 Å². The van der Waals surface area contributed by atoms with E-state index in [2.05, 4.69) is 0 Å². The molecule has 1 aliphatic carbocycles. The Morgan fingerprint density at radius 1 is 1.39 bits per heavy atom. The van der Waals surface area contributed by atoms with Gasteiger partial charge in [-0.3, -0.25) is 9.59 Å². The molecule has 0 aliphatic heterocycles. The number of ketones is 1. The lowest BCUT2D eigenvalue weighted by atomic mass is 9.78. The van der Waals surface area contributed by atoms with E-state index in [1.165, 1.54) is 0 Å². The maximum absolute atomic E-state index is 12.2. The van der Waals surface area contributed by atoms with Crippen LogP contribution in [-0.2, 0) is 16.0 Å². The third kappa shape index (κ3) is 2.05. The number of carbonyl (C=O) groups excluding carboxylic acids is 1. The summed E-state index contributed by atoms with van der Waals surface area (Å²) in [4.78, 5) is 23.7. The summed E-state index contributed by atoms with van der Waals surface area (Å²) in [6.45, 7) is 3.81. The zero-order valence-corrected chi connectivity index (χ0v) is 10.8. The Labute approximate surface area is 107 Å². The van der Waals surface area contributed by atoms with Gasteiger partial charge in [0.05, 0.1) is 0 Å². The summed E-state index contributed by atoms with van der Waals surface area (Å²) in [7, 11) is 0. The first-order chi connectivity index (χ1) is 8.45. The maximum Gasteiger partial charge on any atom is 0.317 e. The normalized spacial score (nSPS) is 27.4. The lowest BCUT2D eigenvalue weighted by Crippen LogP contribution is -2.38. The number of aryl methyl sites for hydroxylation is 1. The third-order valence-electron chi connectivity index (χ3n) is 3.96. The molecular weight excluding hydrogens is 228 g/mol. The van der Waals surface area contributed by atoms with E-state index in [4.69, 9.17) is 0 Å². The molecule has 1 aromatic rings. The van der Waals surface area contributed by atoms with E-state index < -0.39 is 11.4 Å². The van der Waals surface area contributed by atoms with Gasteiger partial charge in [0.1, 0.15) is 5.41 Å². The largest absolute Gasteiger partial charge is 0.480 e. The highest BCUT2D eigenvalue weighted by atomic mass is 16.4. The molecular formula is C15H18O3. The Hall–Kier alpha value is -1.64. The van der Waals surface area contributed by atoms with E-state index in [1.807, 2.05) is 38.1 Å². The fourth-order valence-electron chi connectivity index (χ4n) is 2.71. The van der Waals surface area contributed by atoms with Crippen LogP contribution in [0.4, 0.5) is 0 Å². The molecule has 0 aromatic heterocycles. The Kier molecular flexibility index (Phi) is 3.24. The van der Waals surface area contributed by atoms with Crippen LogP contribution in [0.3, 0.4) is 0 Å². The molecule has 3 heteroatoms. The SMILES string of the molecule is Cc1ccc(CC2(C(=O)O)CCC(C)C2=O)cc1. The monoisotopic (exact) mass is 246 g/mol. The van der Waals surface area contributed by atoms with Crippen molar-refractivity contribution in [1.29, 1.82) is 0 Å². The van der Waals surface area contributed by atoms with Crippen molar-refractivity contribution in [3.63, 3.8) is 0 Å². The van der Waals surface area contributed by atoms with Gasteiger partial charge in [-0.2, -0.15) is 0 Å². The van der Waals surface area contributed by atoms with Crippen molar-refractivity contribution in [1.82, 2.24) is 0 Å². The Balaban J connectivity index is 2.30. The summed E-state index contributed by atoms with van der Waals surface area (Å²) in [5.41, 5.74) is 0.856. The van der Waals surface area contributed by atoms with Gasteiger partial charge in [0.2, 0.25) is 0 Å². The quantitative estimate of drug-likeness (QED) is 0.834. The number of rotatable bonds is 3. The minimum Gasteiger partial charge on any atom is -0.480 e. The molecule has 1 aliphatic rings. The lowest BCUT2D eigenvalue weighted by molar-refractivity contribution is -0.153. The number of aliphatic carboxylic acids is 1. The van der Waals surface area contributed by atoms with Gasteiger partial charge < -0.3 is 5.11 Å². The van der Waals surface area contributed by atoms with Crippen molar-refractivity contribution >= 4 is 11.8 Å². The average molecular weight is 246 g/mol. The molecule has 2 atom stereocenters. The van der Waals surface area contributed by atoms with Crippen LogP contribution in [-0.4, -0.2) is 16.9 Å². The lowest BCUT2D eigenvalue weighted by Gasteiger charge is -2.22. The van der Waals surface area contributed by atoms with Gasteiger partial charge in [0.15, 0.2) is 5.78 Å². The fraction of sp³-hybridized carbons (Fsp3) is 0.467. The van der Waals surface area contributed by atoms with Gasteiger partial charge in [0.25, 0.3) is 0 Å². The molecule has 1 fully saturated rings. The first kappa shape index (κ1) is 12.8. The second-order valence-corrected chi connectivity index (χ2v) is 5.35. The average Bonchev–Trinajstić information content (AvgIpc) is 2.62. The van der Waals surface area contributed by atoms with E-state index in [9.17, 15) is 14.7 Å². The second kappa shape index (κ2) is 4.56. The molecule has 1 aromatic carbocycles. The molecule has 0 bridgehead atoms. The zero-order chi connectivity index (χ0) is 13.3. The molecule has 3 nitrogen and oxygen atoms in total. The zero-order valence-electron chi connectivity index (χ0n) is 10.8. The van der Waals surface area contributed by atoms with Crippen LogP contribution in [0.15, 0.2) is 24.3 Å². The predicted molar refractivity (Wildman–Crippen MR) is 68.4 cm³/mol. The molecule has 0 spiro atoms. The summed E-state index contributed by atoms with van der Waals surface area (Å²) in [5.74, 6) is -1.22. The first-order valence-corrected chi connectivity index (χ1v) is 6.29. The summed E-state index contributed by atoms with van der Waals surface area (Å²) >= 11 is 0. The number of Topliss-reactive ketones (excluding diaryl/α,β-unsaturated/α-hetero) is 1. The smallest absolute Gasteiger partial charge is 0.317 e. The molecule has 1 N–H and O–H groups in total. The van der Waals surface area contributed by atoms with Gasteiger partial charge in [-0.05, 0) is 31.7 Å². The highest BCUT2D eigenvalue weighted by molar-refractivity contribution is 6.05. The summed E-state index contributed by atoms with van der Waals surface area (Å²) in [5, 5.41) is 9.45. The van der Waals surface area contributed by atoms with E-state index in [0.717, 1.165) is 11.1 Å². The van der Waals surface area contributed by atoms with Gasteiger partial charge in [-0.15, -0.1) is 0 Å². The minimum atomic E-state index is -1.20. The number of hydrogen-bond acceptors (Lipinski definition) is 2. The van der Waals surface area contributed by atoms with Crippen LogP contribution in [0.25, 0.3) is 0 Å². The number of hydrogen-bond donors (Lipinski definition) is 1. The highest BCUT2D eigenvalue weighted by Crippen LogP contribution is 2.41. The van der Waals surface area contributed by atoms with Gasteiger partial charge in [-0.25, -0.2) is 0 Å². The van der Waals surface area contributed by atoms with E-state index in [-0.39, 0.29) is 11.7 Å². The van der Waals surface area contributed by atoms with Crippen LogP contribution in [0.5, 0.6) is 0 Å². The number of carboxylic acids is 1. The minimum absolute atomic E-state index is 0.115. The van der Waals surface area contributed by atoms with Gasteiger partial charge in [0, 0.05) is 5.92 Å². The molecule has 18 heavy (non-hydrogen) atoms. The van der Waals surface area contributed by atoms with Crippen molar-refractivity contribution in [2.75, 3.05) is 0 Å². The first-order valence-electron chi connectivity index (χ1n) is 6.29. The summed E-state index contributed by atoms with van der Waals surface area (Å²) < 4.78 is 0. The van der Waals surface area contributed by atoms with Gasteiger partial charge in [-0.1, -0.05) is 36.8 Å². The van der Waals surface area contributed by atoms with Crippen molar-refractivity contribution in [2.24, 2.45) is 11.3 Å². The highest BCUT2D eigenvalue weighted by Gasteiger charge is 2.51. The van der Waals surface area contributed by atoms with Crippen LogP contribution >= 0.6 is 0 Å². The Morgan fingerprint density at radius 3 is 2.44 bits per heavy atom. The molecule has 2 unspecified atom stereocenters. The van der Waals surface area contributed by atoms with Crippen molar-refractivity contribution < 1.29 is 14.7 Å². The standard InChI is InChI=1S/C15H18O3/c1-10-3-5-12(6-4-10)9-15(14(17)18)8-7-11(2)13(15)16/h3-6,11H,7-9H2,1-2H3,(H,17,18). The third-order valence-corrected chi connectivity index (χ3v) is 3.96. The van der Waals surface area contributed by atoms with Gasteiger partial charge >= 0.3 is 5.97 Å². The molecule has 0 amide bonds.